The van der Waals surface area contributed by atoms with Crippen LogP contribution >= 0.6 is 0 Å². The largest absolute Gasteiger partial charge is 0.508 e. The first kappa shape index (κ1) is 30.6. The number of benzene rings is 3. The highest BCUT2D eigenvalue weighted by Crippen LogP contribution is 2.49. The molecular weight excluding hydrogens is 580 g/mol. The SMILES string of the molecule is COc1ccc(C2CC(=O)c3c(cc(OC4OC(CO)C(O)C(O)C4OC(=O)C=Cc4ccc(O)cc4)c(O)c3O)O2)cc1. The van der Waals surface area contributed by atoms with Crippen LogP contribution in [0.1, 0.15) is 34.0 Å². The molecule has 0 amide bonds. The topological polar surface area (TPSA) is 202 Å². The Hall–Kier alpha value is -4.82. The van der Waals surface area contributed by atoms with Crippen LogP contribution in [0.25, 0.3) is 6.08 Å². The number of ketones is 1. The second-order valence-corrected chi connectivity index (χ2v) is 10.1. The number of phenols is 3. The number of hydrogen-bond donors (Lipinski definition) is 6. The van der Waals surface area contributed by atoms with E-state index < -0.39 is 72.4 Å². The number of aliphatic hydroxyl groups excluding tert-OH is 3. The zero-order valence-corrected chi connectivity index (χ0v) is 23.3. The lowest BCUT2D eigenvalue weighted by atomic mass is 9.95. The maximum absolute atomic E-state index is 13.0. The highest BCUT2D eigenvalue weighted by atomic mass is 16.7. The number of rotatable bonds is 8. The monoisotopic (exact) mass is 610 g/mol. The minimum atomic E-state index is -1.80. The van der Waals surface area contributed by atoms with Crippen LogP contribution in [0.5, 0.6) is 34.5 Å². The van der Waals surface area contributed by atoms with E-state index in [1.54, 1.807) is 24.3 Å². The normalized spacial score (nSPS) is 24.8. The molecule has 1 fully saturated rings. The Bertz CT molecular complexity index is 1530. The Kier molecular flexibility index (Phi) is 8.92. The molecule has 0 radical (unpaired) electrons. The van der Waals surface area contributed by atoms with Gasteiger partial charge in [0.25, 0.3) is 0 Å². The van der Waals surface area contributed by atoms with E-state index in [2.05, 4.69) is 0 Å². The summed E-state index contributed by atoms with van der Waals surface area (Å²) in [6.45, 7) is -0.748. The van der Waals surface area contributed by atoms with Gasteiger partial charge in [-0.3, -0.25) is 4.79 Å². The number of ether oxygens (including phenoxy) is 5. The summed E-state index contributed by atoms with van der Waals surface area (Å²) < 4.78 is 27.8. The second-order valence-electron chi connectivity index (χ2n) is 10.1. The molecule has 2 aliphatic rings. The molecule has 6 unspecified atom stereocenters. The van der Waals surface area contributed by atoms with E-state index in [0.717, 1.165) is 12.1 Å². The van der Waals surface area contributed by atoms with Crippen LogP contribution in [0.15, 0.2) is 60.7 Å². The molecule has 232 valence electrons. The molecule has 44 heavy (non-hydrogen) atoms. The quantitative estimate of drug-likeness (QED) is 0.123. The smallest absolute Gasteiger partial charge is 0.331 e. The maximum atomic E-state index is 13.0. The Morgan fingerprint density at radius 2 is 1.70 bits per heavy atom. The molecule has 2 aliphatic heterocycles. The molecule has 2 heterocycles. The molecule has 6 atom stereocenters. The summed E-state index contributed by atoms with van der Waals surface area (Å²) in [7, 11) is 1.52. The summed E-state index contributed by atoms with van der Waals surface area (Å²) in [6, 6.07) is 13.9. The molecule has 13 heteroatoms. The lowest BCUT2D eigenvalue weighted by Gasteiger charge is -2.41. The van der Waals surface area contributed by atoms with Crippen molar-refractivity contribution in [2.75, 3.05) is 13.7 Å². The number of aromatic hydroxyl groups is 3. The molecule has 0 saturated carbocycles. The van der Waals surface area contributed by atoms with Gasteiger partial charge in [0.2, 0.25) is 12.0 Å². The number of carbonyl (C=O) groups is 2. The van der Waals surface area contributed by atoms with E-state index in [0.29, 0.717) is 16.9 Å². The second kappa shape index (κ2) is 12.8. The molecule has 0 aliphatic carbocycles. The lowest BCUT2D eigenvalue weighted by Crippen LogP contribution is -2.61. The first-order valence-electron chi connectivity index (χ1n) is 13.5. The standard InChI is InChI=1S/C31H30O13/c1-40-18-9-5-16(6-10-18)20-12-19(34)25-21(41-20)13-22(26(36)28(25)38)42-31-30(29(39)27(37)23(14-32)43-31)44-24(35)11-4-15-2-7-17(33)8-3-15/h2-11,13,20,23,27,29-33,36-39H,12,14H2,1H3. The van der Waals surface area contributed by atoms with Gasteiger partial charge in [0.05, 0.1) is 20.1 Å². The predicted octanol–water partition coefficient (Wildman–Crippen LogP) is 1.96. The fourth-order valence-corrected chi connectivity index (χ4v) is 4.86. The third kappa shape index (κ3) is 6.26. The number of Topliss-reactive ketones (excluding diaryl/α,β-unsaturated/α-hetero) is 1. The first-order chi connectivity index (χ1) is 21.1. The van der Waals surface area contributed by atoms with Gasteiger partial charge in [0.15, 0.2) is 23.4 Å². The fourth-order valence-electron chi connectivity index (χ4n) is 4.86. The van der Waals surface area contributed by atoms with Gasteiger partial charge in [-0.05, 0) is 41.5 Å². The van der Waals surface area contributed by atoms with Crippen LogP contribution in [0.3, 0.4) is 0 Å². The van der Waals surface area contributed by atoms with Gasteiger partial charge in [-0.1, -0.05) is 24.3 Å². The Morgan fingerprint density at radius 1 is 1.00 bits per heavy atom. The molecule has 3 aromatic carbocycles. The van der Waals surface area contributed by atoms with Crippen molar-refractivity contribution in [1.29, 1.82) is 0 Å². The fraction of sp³-hybridized carbons (Fsp3) is 0.290. The summed E-state index contributed by atoms with van der Waals surface area (Å²) >= 11 is 0. The van der Waals surface area contributed by atoms with Crippen molar-refractivity contribution in [3.05, 3.63) is 77.4 Å². The zero-order chi connectivity index (χ0) is 31.5. The Labute approximate surface area is 250 Å². The van der Waals surface area contributed by atoms with Gasteiger partial charge < -0.3 is 54.3 Å². The summed E-state index contributed by atoms with van der Waals surface area (Å²) in [6.07, 6.45) is -6.72. The van der Waals surface area contributed by atoms with Crippen LogP contribution in [0, 0.1) is 0 Å². The highest BCUT2D eigenvalue weighted by Gasteiger charge is 2.48. The van der Waals surface area contributed by atoms with E-state index in [-0.39, 0.29) is 23.5 Å². The van der Waals surface area contributed by atoms with Crippen LogP contribution in [0.2, 0.25) is 0 Å². The minimum Gasteiger partial charge on any atom is -0.508 e. The average molecular weight is 611 g/mol. The number of methoxy groups -OCH3 is 1. The Balaban J connectivity index is 1.41. The minimum absolute atomic E-state index is 0.0297. The third-order valence-electron chi connectivity index (χ3n) is 7.23. The van der Waals surface area contributed by atoms with Crippen molar-refractivity contribution < 1.29 is 63.9 Å². The van der Waals surface area contributed by atoms with Crippen molar-refractivity contribution in [2.45, 2.75) is 43.2 Å². The van der Waals surface area contributed by atoms with Crippen molar-refractivity contribution >= 4 is 17.8 Å². The molecule has 1 saturated heterocycles. The molecule has 0 spiro atoms. The van der Waals surface area contributed by atoms with Crippen LogP contribution < -0.4 is 14.2 Å². The highest BCUT2D eigenvalue weighted by molar-refractivity contribution is 6.03. The van der Waals surface area contributed by atoms with Crippen molar-refractivity contribution in [3.8, 4) is 34.5 Å². The molecule has 0 aromatic heterocycles. The van der Waals surface area contributed by atoms with E-state index in [1.165, 1.54) is 37.5 Å². The molecular formula is C31H30O13. The van der Waals surface area contributed by atoms with Gasteiger partial charge in [-0.2, -0.15) is 0 Å². The summed E-state index contributed by atoms with van der Waals surface area (Å²) in [4.78, 5) is 25.6. The number of hydrogen-bond acceptors (Lipinski definition) is 13. The van der Waals surface area contributed by atoms with Crippen LogP contribution in [-0.2, 0) is 14.3 Å². The lowest BCUT2D eigenvalue weighted by molar-refractivity contribution is -0.281. The number of carbonyl (C=O) groups excluding carboxylic acids is 2. The number of aliphatic hydroxyl groups is 3. The van der Waals surface area contributed by atoms with E-state index in [9.17, 15) is 40.2 Å². The molecule has 6 N–H and O–H groups in total. The van der Waals surface area contributed by atoms with Crippen molar-refractivity contribution in [2.24, 2.45) is 0 Å². The maximum Gasteiger partial charge on any atom is 0.331 e. The Morgan fingerprint density at radius 3 is 2.36 bits per heavy atom. The van der Waals surface area contributed by atoms with Gasteiger partial charge in [0, 0.05) is 12.1 Å². The molecule has 13 nitrogen and oxygen atoms in total. The molecule has 5 rings (SSSR count). The van der Waals surface area contributed by atoms with E-state index in [4.69, 9.17) is 23.7 Å². The van der Waals surface area contributed by atoms with Crippen LogP contribution in [-0.4, -0.2) is 86.8 Å². The number of fused-ring (bicyclic) bond motifs is 1. The first-order valence-corrected chi connectivity index (χ1v) is 13.5. The third-order valence-corrected chi connectivity index (χ3v) is 7.23. The summed E-state index contributed by atoms with van der Waals surface area (Å²) in [5.74, 6) is -3.11. The summed E-state index contributed by atoms with van der Waals surface area (Å²) in [5.41, 5.74) is 0.922. The number of phenolic OH excluding ortho intramolecular Hbond substituents is 3. The predicted molar refractivity (Wildman–Crippen MR) is 150 cm³/mol. The number of esters is 1. The van der Waals surface area contributed by atoms with Gasteiger partial charge in [-0.15, -0.1) is 0 Å². The van der Waals surface area contributed by atoms with Gasteiger partial charge in [0.1, 0.15) is 47.2 Å². The van der Waals surface area contributed by atoms with E-state index in [1.807, 2.05) is 0 Å². The van der Waals surface area contributed by atoms with Crippen LogP contribution in [0.4, 0.5) is 0 Å². The molecule has 3 aromatic rings. The van der Waals surface area contributed by atoms with Crippen molar-refractivity contribution in [1.82, 2.24) is 0 Å². The summed E-state index contributed by atoms with van der Waals surface area (Å²) in [5, 5.41) is 61.7. The average Bonchev–Trinajstić information content (AvgIpc) is 3.02. The van der Waals surface area contributed by atoms with Gasteiger partial charge >= 0.3 is 5.97 Å². The van der Waals surface area contributed by atoms with Gasteiger partial charge in [-0.25, -0.2) is 4.79 Å². The molecule has 0 bridgehead atoms. The van der Waals surface area contributed by atoms with E-state index >= 15 is 0 Å². The zero-order valence-electron chi connectivity index (χ0n) is 23.3. The van der Waals surface area contributed by atoms with Crippen molar-refractivity contribution in [3.63, 3.8) is 0 Å².